The van der Waals surface area contributed by atoms with E-state index in [1.54, 1.807) is 0 Å². The number of carbonyl (C=O) groups is 3. The number of nitrogens with zero attached hydrogens (tertiary/aromatic N) is 2. The second-order valence-corrected chi connectivity index (χ2v) is 6.04. The number of nitrogens with one attached hydrogen (secondary N) is 2. The highest BCUT2D eigenvalue weighted by molar-refractivity contribution is 6.04. The summed E-state index contributed by atoms with van der Waals surface area (Å²) in [7, 11) is 1.23. The number of likely N-dealkylation sites (tertiary alicyclic amines) is 1. The summed E-state index contributed by atoms with van der Waals surface area (Å²) in [6.07, 6.45) is -1.00. The van der Waals surface area contributed by atoms with Gasteiger partial charge in [0.25, 0.3) is 5.91 Å². The fourth-order valence-electron chi connectivity index (χ4n) is 3.14. The van der Waals surface area contributed by atoms with E-state index in [4.69, 9.17) is 0 Å². The van der Waals surface area contributed by atoms with Gasteiger partial charge in [-0.2, -0.15) is 5.10 Å². The third kappa shape index (κ3) is 3.44. The Balaban J connectivity index is 1.73. The number of esters is 1. The van der Waals surface area contributed by atoms with E-state index in [-0.39, 0.29) is 25.1 Å². The third-order valence-electron chi connectivity index (χ3n) is 4.37. The molecule has 0 spiro atoms. The van der Waals surface area contributed by atoms with Crippen LogP contribution in [0.4, 0.5) is 9.18 Å². The summed E-state index contributed by atoms with van der Waals surface area (Å²) in [5.41, 5.74) is 0.538. The van der Waals surface area contributed by atoms with Crippen molar-refractivity contribution in [3.63, 3.8) is 0 Å². The van der Waals surface area contributed by atoms with Gasteiger partial charge in [-0.3, -0.25) is 14.7 Å². The first-order valence-electron chi connectivity index (χ1n) is 7.90. The predicted octanol–water partition coefficient (Wildman–Crippen LogP) is 1.12. The molecule has 0 aliphatic carbocycles. The van der Waals surface area contributed by atoms with Crippen LogP contribution in [0, 0.1) is 5.82 Å². The molecule has 2 heterocycles. The van der Waals surface area contributed by atoms with Gasteiger partial charge in [0.05, 0.1) is 19.0 Å². The Morgan fingerprint density at radius 1 is 1.46 bits per heavy atom. The Morgan fingerprint density at radius 3 is 2.92 bits per heavy atom. The molecule has 9 nitrogen and oxygen atoms in total. The summed E-state index contributed by atoms with van der Waals surface area (Å²) in [4.78, 5) is 36.4. The highest BCUT2D eigenvalue weighted by Gasteiger charge is 2.37. The zero-order chi connectivity index (χ0) is 18.8. The van der Waals surface area contributed by atoms with Gasteiger partial charge >= 0.3 is 12.1 Å². The molecule has 1 aromatic carbocycles. The smallest absolute Gasteiger partial charge is 0.407 e. The number of aromatic amines is 1. The second kappa shape index (κ2) is 6.98. The van der Waals surface area contributed by atoms with Crippen molar-refractivity contribution in [2.45, 2.75) is 24.9 Å². The quantitative estimate of drug-likeness (QED) is 0.698. The number of carboxylic acid groups (broad SMARTS) is 1. The molecule has 1 aliphatic heterocycles. The average molecular weight is 364 g/mol. The van der Waals surface area contributed by atoms with E-state index in [2.05, 4.69) is 20.3 Å². The summed E-state index contributed by atoms with van der Waals surface area (Å²) in [5, 5.41) is 18.9. The van der Waals surface area contributed by atoms with E-state index in [9.17, 15) is 23.9 Å². The molecule has 0 unspecified atom stereocenters. The first-order valence-corrected chi connectivity index (χ1v) is 7.90. The van der Waals surface area contributed by atoms with Gasteiger partial charge in [-0.1, -0.05) is 0 Å². The van der Waals surface area contributed by atoms with Gasteiger partial charge in [0.1, 0.15) is 5.82 Å². The molecule has 1 aromatic heterocycles. The molecule has 10 heteroatoms. The first-order chi connectivity index (χ1) is 12.4. The minimum absolute atomic E-state index is 0.0257. The lowest BCUT2D eigenvalue weighted by Crippen LogP contribution is -2.39. The Kier molecular flexibility index (Phi) is 4.74. The number of hydrogen-bond acceptors (Lipinski definition) is 5. The summed E-state index contributed by atoms with van der Waals surface area (Å²) in [6.45, 7) is 0.0411. The Bertz CT molecular complexity index is 867. The molecule has 138 valence electrons. The van der Waals surface area contributed by atoms with Gasteiger partial charge in [-0.15, -0.1) is 0 Å². The largest absolute Gasteiger partial charge is 0.469 e. The lowest BCUT2D eigenvalue weighted by Gasteiger charge is -2.19. The van der Waals surface area contributed by atoms with Crippen LogP contribution in [0.3, 0.4) is 0 Å². The van der Waals surface area contributed by atoms with Crippen molar-refractivity contribution in [2.24, 2.45) is 0 Å². The van der Waals surface area contributed by atoms with Crippen LogP contribution in [0.15, 0.2) is 18.2 Å². The van der Waals surface area contributed by atoms with E-state index in [1.165, 1.54) is 25.3 Å². The Morgan fingerprint density at radius 2 is 2.23 bits per heavy atom. The highest BCUT2D eigenvalue weighted by Crippen LogP contribution is 2.23. The molecule has 0 radical (unpaired) electrons. The number of carbonyl (C=O) groups excluding carboxylic acids is 2. The normalized spacial score (nSPS) is 19.5. The van der Waals surface area contributed by atoms with Crippen LogP contribution in [0.25, 0.3) is 10.9 Å². The SMILES string of the molecule is COC(=O)C[C@@H]1C[C@H](NC(=O)c2n[nH]c3ccc(F)cc23)CN1C(=O)O. The van der Waals surface area contributed by atoms with Crippen LogP contribution in [0.1, 0.15) is 23.3 Å². The summed E-state index contributed by atoms with van der Waals surface area (Å²) in [5.74, 6) is -1.57. The number of fused-ring (bicyclic) bond motifs is 1. The van der Waals surface area contributed by atoms with Crippen LogP contribution in [-0.2, 0) is 9.53 Å². The van der Waals surface area contributed by atoms with E-state index in [0.717, 1.165) is 4.90 Å². The van der Waals surface area contributed by atoms with E-state index >= 15 is 0 Å². The molecule has 3 rings (SSSR count). The second-order valence-electron chi connectivity index (χ2n) is 6.04. The fraction of sp³-hybridized carbons (Fsp3) is 0.375. The molecule has 0 bridgehead atoms. The first kappa shape index (κ1) is 17.6. The molecule has 1 fully saturated rings. The average Bonchev–Trinajstić information content (AvgIpc) is 3.18. The molecule has 26 heavy (non-hydrogen) atoms. The molecule has 0 saturated carbocycles. The maximum Gasteiger partial charge on any atom is 0.407 e. The summed E-state index contributed by atoms with van der Waals surface area (Å²) in [6, 6.07) is 2.85. The maximum absolute atomic E-state index is 13.4. The minimum Gasteiger partial charge on any atom is -0.469 e. The van der Waals surface area contributed by atoms with Gasteiger partial charge in [0.15, 0.2) is 5.69 Å². The zero-order valence-electron chi connectivity index (χ0n) is 13.9. The van der Waals surface area contributed by atoms with Gasteiger partial charge in [-0.05, 0) is 24.6 Å². The van der Waals surface area contributed by atoms with Gasteiger partial charge in [0, 0.05) is 24.0 Å². The predicted molar refractivity (Wildman–Crippen MR) is 87.1 cm³/mol. The van der Waals surface area contributed by atoms with E-state index in [1.807, 2.05) is 0 Å². The van der Waals surface area contributed by atoms with Crippen LogP contribution < -0.4 is 5.32 Å². The van der Waals surface area contributed by atoms with Crippen molar-refractivity contribution < 1.29 is 28.6 Å². The van der Waals surface area contributed by atoms with E-state index < -0.39 is 35.9 Å². The minimum atomic E-state index is -1.18. The molecular formula is C16H17FN4O5. The van der Waals surface area contributed by atoms with Crippen LogP contribution in [0.5, 0.6) is 0 Å². The molecule has 2 amide bonds. The van der Waals surface area contributed by atoms with Gasteiger partial charge < -0.3 is 20.1 Å². The van der Waals surface area contributed by atoms with Crippen LogP contribution in [-0.4, -0.2) is 63.9 Å². The number of rotatable bonds is 4. The number of aromatic nitrogens is 2. The molecular weight excluding hydrogens is 347 g/mol. The summed E-state index contributed by atoms with van der Waals surface area (Å²) >= 11 is 0. The van der Waals surface area contributed by atoms with Crippen LogP contribution in [0.2, 0.25) is 0 Å². The number of hydrogen-bond donors (Lipinski definition) is 3. The fourth-order valence-corrected chi connectivity index (χ4v) is 3.14. The van der Waals surface area contributed by atoms with Crippen molar-refractivity contribution in [2.75, 3.05) is 13.7 Å². The Hall–Kier alpha value is -3.17. The van der Waals surface area contributed by atoms with Crippen molar-refractivity contribution in [1.29, 1.82) is 0 Å². The van der Waals surface area contributed by atoms with Crippen molar-refractivity contribution in [3.05, 3.63) is 29.7 Å². The lowest BCUT2D eigenvalue weighted by molar-refractivity contribution is -0.141. The number of ether oxygens (including phenoxy) is 1. The van der Waals surface area contributed by atoms with Gasteiger partial charge in [-0.25, -0.2) is 9.18 Å². The Labute approximate surface area is 147 Å². The maximum atomic E-state index is 13.4. The lowest BCUT2D eigenvalue weighted by atomic mass is 10.1. The monoisotopic (exact) mass is 364 g/mol. The van der Waals surface area contributed by atoms with Crippen molar-refractivity contribution in [1.82, 2.24) is 20.4 Å². The molecule has 1 saturated heterocycles. The molecule has 1 aliphatic rings. The van der Waals surface area contributed by atoms with Crippen LogP contribution >= 0.6 is 0 Å². The number of H-pyrrole nitrogens is 1. The number of benzene rings is 1. The van der Waals surface area contributed by atoms with Gasteiger partial charge in [0.2, 0.25) is 0 Å². The standard InChI is InChI=1S/C16H17FN4O5/c1-26-13(22)6-10-5-9(7-21(10)16(24)25)18-15(23)14-11-4-8(17)2-3-12(11)19-20-14/h2-4,9-10H,5-7H2,1H3,(H,18,23)(H,19,20)(H,24,25)/t9-,10-/m0/s1. The summed E-state index contributed by atoms with van der Waals surface area (Å²) < 4.78 is 18.0. The number of methoxy groups -OCH3 is 1. The molecule has 3 N–H and O–H groups in total. The number of halogens is 1. The van der Waals surface area contributed by atoms with E-state index in [0.29, 0.717) is 10.9 Å². The molecule has 2 aromatic rings. The topological polar surface area (TPSA) is 125 Å². The van der Waals surface area contributed by atoms with Crippen molar-refractivity contribution in [3.8, 4) is 0 Å². The third-order valence-corrected chi connectivity index (χ3v) is 4.37. The van der Waals surface area contributed by atoms with Crippen molar-refractivity contribution >= 4 is 28.9 Å². The zero-order valence-corrected chi connectivity index (χ0v) is 13.9. The molecule has 2 atom stereocenters. The number of amides is 2. The highest BCUT2D eigenvalue weighted by atomic mass is 19.1.